The highest BCUT2D eigenvalue weighted by Gasteiger charge is 2.22. The molecule has 3 rings (SSSR count). The number of aromatic amines is 1. The van der Waals surface area contributed by atoms with E-state index in [0.29, 0.717) is 0 Å². The molecule has 0 amide bonds. The van der Waals surface area contributed by atoms with Gasteiger partial charge in [0.15, 0.2) is 0 Å². The fraction of sp³-hybridized carbons (Fsp3) is 0.400. The minimum Gasteiger partial charge on any atom is -0.299 e. The summed E-state index contributed by atoms with van der Waals surface area (Å²) < 4.78 is 0. The van der Waals surface area contributed by atoms with Gasteiger partial charge in [0.2, 0.25) is 0 Å². The maximum Gasteiger partial charge on any atom is 0.0971 e. The van der Waals surface area contributed by atoms with E-state index in [-0.39, 0.29) is 0 Å². The number of hydrogen-bond acceptors (Lipinski definition) is 2. The molecular formula is C15H19N3. The number of hydrogen-bond donors (Lipinski definition) is 1. The Morgan fingerprint density at radius 3 is 2.94 bits per heavy atom. The van der Waals surface area contributed by atoms with Gasteiger partial charge in [0.05, 0.1) is 5.69 Å². The molecule has 1 aliphatic heterocycles. The lowest BCUT2D eigenvalue weighted by molar-refractivity contribution is 0.267. The lowest BCUT2D eigenvalue weighted by Gasteiger charge is -2.25. The van der Waals surface area contributed by atoms with Gasteiger partial charge in [-0.25, -0.2) is 0 Å². The van der Waals surface area contributed by atoms with Crippen molar-refractivity contribution in [3.63, 3.8) is 0 Å². The summed E-state index contributed by atoms with van der Waals surface area (Å²) in [5, 5.41) is 7.77. The van der Waals surface area contributed by atoms with Crippen molar-refractivity contribution in [2.24, 2.45) is 0 Å². The third-order valence-electron chi connectivity index (χ3n) is 3.86. The van der Waals surface area contributed by atoms with Gasteiger partial charge in [-0.1, -0.05) is 31.2 Å². The van der Waals surface area contributed by atoms with Crippen LogP contribution in [0.3, 0.4) is 0 Å². The molecule has 0 unspecified atom stereocenters. The third-order valence-corrected chi connectivity index (χ3v) is 3.86. The Morgan fingerprint density at radius 2 is 2.17 bits per heavy atom. The first-order valence-corrected chi connectivity index (χ1v) is 6.64. The average Bonchev–Trinajstić information content (AvgIpc) is 2.82. The van der Waals surface area contributed by atoms with E-state index in [4.69, 9.17) is 0 Å². The zero-order valence-corrected chi connectivity index (χ0v) is 11.0. The first-order chi connectivity index (χ1) is 8.79. The highest BCUT2D eigenvalue weighted by atomic mass is 15.2. The van der Waals surface area contributed by atoms with Crippen molar-refractivity contribution in [1.82, 2.24) is 15.1 Å². The van der Waals surface area contributed by atoms with Crippen molar-refractivity contribution in [2.45, 2.75) is 26.8 Å². The van der Waals surface area contributed by atoms with Crippen LogP contribution in [0.15, 0.2) is 24.3 Å². The van der Waals surface area contributed by atoms with Crippen molar-refractivity contribution in [3.8, 4) is 11.3 Å². The summed E-state index contributed by atoms with van der Waals surface area (Å²) >= 11 is 0. The summed E-state index contributed by atoms with van der Waals surface area (Å²) in [6.45, 7) is 7.64. The molecule has 1 aliphatic rings. The van der Waals surface area contributed by atoms with Crippen LogP contribution in [0.2, 0.25) is 0 Å². The van der Waals surface area contributed by atoms with E-state index in [1.54, 1.807) is 0 Å². The molecule has 18 heavy (non-hydrogen) atoms. The van der Waals surface area contributed by atoms with E-state index < -0.39 is 0 Å². The van der Waals surface area contributed by atoms with E-state index in [0.717, 1.165) is 31.7 Å². The van der Waals surface area contributed by atoms with Crippen LogP contribution in [-0.2, 0) is 13.0 Å². The SMILES string of the molecule is CCN1CCc2[nH]nc(-c3ccccc3C)c2C1. The van der Waals surface area contributed by atoms with Gasteiger partial charge >= 0.3 is 0 Å². The fourth-order valence-electron chi connectivity index (χ4n) is 2.68. The van der Waals surface area contributed by atoms with Crippen LogP contribution in [0.5, 0.6) is 0 Å². The molecule has 0 atom stereocenters. The number of likely N-dealkylation sites (N-methyl/N-ethyl adjacent to an activating group) is 1. The molecule has 1 aromatic heterocycles. The topological polar surface area (TPSA) is 31.9 Å². The van der Waals surface area contributed by atoms with Crippen LogP contribution in [0.4, 0.5) is 0 Å². The van der Waals surface area contributed by atoms with Gasteiger partial charge in [0, 0.05) is 36.3 Å². The van der Waals surface area contributed by atoms with Gasteiger partial charge in [0.25, 0.3) is 0 Å². The fourth-order valence-corrected chi connectivity index (χ4v) is 2.68. The van der Waals surface area contributed by atoms with Crippen LogP contribution in [0, 0.1) is 6.92 Å². The molecule has 2 aromatic rings. The van der Waals surface area contributed by atoms with E-state index in [2.05, 4.69) is 53.2 Å². The van der Waals surface area contributed by atoms with E-state index in [9.17, 15) is 0 Å². The maximum absolute atomic E-state index is 4.55. The summed E-state index contributed by atoms with van der Waals surface area (Å²) in [7, 11) is 0. The largest absolute Gasteiger partial charge is 0.299 e. The Labute approximate surface area is 108 Å². The van der Waals surface area contributed by atoms with Gasteiger partial charge in [-0.2, -0.15) is 5.10 Å². The summed E-state index contributed by atoms with van der Waals surface area (Å²) in [5.74, 6) is 0. The second kappa shape index (κ2) is 4.58. The van der Waals surface area contributed by atoms with E-state index >= 15 is 0 Å². The predicted octanol–water partition coefficient (Wildman–Crippen LogP) is 2.76. The van der Waals surface area contributed by atoms with E-state index in [1.807, 2.05) is 0 Å². The minimum absolute atomic E-state index is 1.02. The van der Waals surface area contributed by atoms with Gasteiger partial charge in [-0.15, -0.1) is 0 Å². The predicted molar refractivity (Wildman–Crippen MR) is 73.4 cm³/mol. The van der Waals surface area contributed by atoms with Crippen LogP contribution >= 0.6 is 0 Å². The molecule has 0 saturated heterocycles. The van der Waals surface area contributed by atoms with Gasteiger partial charge in [-0.05, 0) is 19.0 Å². The van der Waals surface area contributed by atoms with Crippen molar-refractivity contribution in [1.29, 1.82) is 0 Å². The monoisotopic (exact) mass is 241 g/mol. The normalized spacial score (nSPS) is 15.7. The number of nitrogens with one attached hydrogen (secondary N) is 1. The highest BCUT2D eigenvalue weighted by Crippen LogP contribution is 2.29. The average molecular weight is 241 g/mol. The first-order valence-electron chi connectivity index (χ1n) is 6.64. The molecule has 3 nitrogen and oxygen atoms in total. The quantitative estimate of drug-likeness (QED) is 0.876. The van der Waals surface area contributed by atoms with E-state index in [1.165, 1.54) is 22.4 Å². The Hall–Kier alpha value is -1.61. The number of nitrogens with zero attached hydrogens (tertiary/aromatic N) is 2. The van der Waals surface area contributed by atoms with Crippen LogP contribution in [0.1, 0.15) is 23.7 Å². The van der Waals surface area contributed by atoms with Crippen molar-refractivity contribution in [3.05, 3.63) is 41.1 Å². The molecule has 94 valence electrons. The molecule has 0 aliphatic carbocycles. The Bertz CT molecular complexity index is 557. The summed E-state index contributed by atoms with van der Waals surface area (Å²) in [4.78, 5) is 2.47. The van der Waals surface area contributed by atoms with Crippen LogP contribution < -0.4 is 0 Å². The first kappa shape index (κ1) is 11.5. The number of aromatic nitrogens is 2. The van der Waals surface area contributed by atoms with Crippen molar-refractivity contribution >= 4 is 0 Å². The van der Waals surface area contributed by atoms with Crippen LogP contribution in [0.25, 0.3) is 11.3 Å². The second-order valence-corrected chi connectivity index (χ2v) is 4.96. The molecule has 1 N–H and O–H groups in total. The zero-order chi connectivity index (χ0) is 12.5. The minimum atomic E-state index is 1.02. The smallest absolute Gasteiger partial charge is 0.0971 e. The Balaban J connectivity index is 2.05. The lowest BCUT2D eigenvalue weighted by atomic mass is 9.98. The number of fused-ring (bicyclic) bond motifs is 1. The summed E-state index contributed by atoms with van der Waals surface area (Å²) in [6, 6.07) is 8.48. The Kier molecular flexibility index (Phi) is 2.92. The molecule has 0 radical (unpaired) electrons. The number of aryl methyl sites for hydroxylation is 1. The number of H-pyrrole nitrogens is 1. The lowest BCUT2D eigenvalue weighted by Crippen LogP contribution is -2.30. The summed E-state index contributed by atoms with van der Waals surface area (Å²) in [5.41, 5.74) is 6.39. The molecule has 0 bridgehead atoms. The standard InChI is InChI=1S/C15H19N3/c1-3-18-9-8-14-13(10-18)15(17-16-14)12-7-5-4-6-11(12)2/h4-7H,3,8-10H2,1-2H3,(H,16,17). The van der Waals surface area contributed by atoms with Crippen LogP contribution in [-0.4, -0.2) is 28.2 Å². The number of benzene rings is 1. The maximum atomic E-state index is 4.55. The van der Waals surface area contributed by atoms with Crippen molar-refractivity contribution in [2.75, 3.05) is 13.1 Å². The summed E-state index contributed by atoms with van der Waals surface area (Å²) in [6.07, 6.45) is 1.09. The molecule has 0 fully saturated rings. The molecule has 3 heteroatoms. The second-order valence-electron chi connectivity index (χ2n) is 4.96. The molecule has 0 saturated carbocycles. The highest BCUT2D eigenvalue weighted by molar-refractivity contribution is 5.67. The molecule has 1 aromatic carbocycles. The van der Waals surface area contributed by atoms with Gasteiger partial charge < -0.3 is 0 Å². The van der Waals surface area contributed by atoms with Gasteiger partial charge in [-0.3, -0.25) is 10.00 Å². The van der Waals surface area contributed by atoms with Gasteiger partial charge in [0.1, 0.15) is 0 Å². The number of rotatable bonds is 2. The zero-order valence-electron chi connectivity index (χ0n) is 11.0. The third kappa shape index (κ3) is 1.85. The molecule has 2 heterocycles. The van der Waals surface area contributed by atoms with Crippen molar-refractivity contribution < 1.29 is 0 Å². The molecule has 0 spiro atoms. The molecular weight excluding hydrogens is 222 g/mol. The Morgan fingerprint density at radius 1 is 1.33 bits per heavy atom.